The summed E-state index contributed by atoms with van der Waals surface area (Å²) in [5, 5.41) is 14.2. The Morgan fingerprint density at radius 1 is 1.27 bits per heavy atom. The van der Waals surface area contributed by atoms with Crippen LogP contribution < -0.4 is 5.32 Å². The molecule has 33 heavy (non-hydrogen) atoms. The van der Waals surface area contributed by atoms with E-state index < -0.39 is 12.0 Å². The van der Waals surface area contributed by atoms with Crippen molar-refractivity contribution in [2.75, 3.05) is 0 Å². The third kappa shape index (κ3) is 5.29. The minimum atomic E-state index is -0.994. The number of carbonyl (C=O) groups excluding carboxylic acids is 1. The zero-order valence-corrected chi connectivity index (χ0v) is 20.2. The van der Waals surface area contributed by atoms with Crippen LogP contribution in [-0.4, -0.2) is 32.6 Å². The van der Waals surface area contributed by atoms with Crippen LogP contribution in [0.25, 0.3) is 11.0 Å². The number of benzene rings is 1. The molecule has 176 valence electrons. The van der Waals surface area contributed by atoms with Crippen molar-refractivity contribution >= 4 is 34.2 Å². The standard InChI is InChI=1S/C26H33N3O3S/c1-3-4-10-20(26(31)32)28-25(30)18-12-13-23-21(15-18)27-24(16-19-9-7-14-33-19)29(23)22-11-6-5-8-17(22)2/h7,9,12-15,17,20,22H,3-6,8,10-11,16H2,1-2H3,(H,28,30)(H,31,32). The molecule has 0 bridgehead atoms. The molecule has 3 unspecified atom stereocenters. The van der Waals surface area contributed by atoms with Crippen molar-refractivity contribution < 1.29 is 14.7 Å². The minimum absolute atomic E-state index is 0.360. The molecule has 3 aromatic rings. The van der Waals surface area contributed by atoms with E-state index in [-0.39, 0.29) is 5.91 Å². The van der Waals surface area contributed by atoms with Gasteiger partial charge in [-0.1, -0.05) is 45.6 Å². The lowest BCUT2D eigenvalue weighted by Gasteiger charge is -2.31. The van der Waals surface area contributed by atoms with Gasteiger partial charge in [0.1, 0.15) is 11.9 Å². The van der Waals surface area contributed by atoms with Gasteiger partial charge in [0.15, 0.2) is 0 Å². The second kappa shape index (κ2) is 10.5. The third-order valence-electron chi connectivity index (χ3n) is 6.78. The molecule has 1 saturated carbocycles. The summed E-state index contributed by atoms with van der Waals surface area (Å²) in [6, 6.07) is 9.34. The normalized spacial score (nSPS) is 19.5. The van der Waals surface area contributed by atoms with Crippen molar-refractivity contribution in [3.8, 4) is 0 Å². The van der Waals surface area contributed by atoms with Gasteiger partial charge in [0.25, 0.3) is 5.91 Å². The van der Waals surface area contributed by atoms with Crippen LogP contribution >= 0.6 is 11.3 Å². The van der Waals surface area contributed by atoms with Crippen molar-refractivity contribution in [3.63, 3.8) is 0 Å². The van der Waals surface area contributed by atoms with E-state index in [4.69, 9.17) is 4.98 Å². The monoisotopic (exact) mass is 467 g/mol. The number of carbonyl (C=O) groups is 2. The Balaban J connectivity index is 1.67. The smallest absolute Gasteiger partial charge is 0.326 e. The van der Waals surface area contributed by atoms with Gasteiger partial charge in [0, 0.05) is 22.9 Å². The van der Waals surface area contributed by atoms with Gasteiger partial charge < -0.3 is 15.0 Å². The Morgan fingerprint density at radius 3 is 2.79 bits per heavy atom. The molecular formula is C26H33N3O3S. The highest BCUT2D eigenvalue weighted by Crippen LogP contribution is 2.37. The molecule has 1 amide bonds. The lowest BCUT2D eigenvalue weighted by Crippen LogP contribution is -2.40. The summed E-state index contributed by atoms with van der Waals surface area (Å²) < 4.78 is 2.40. The third-order valence-corrected chi connectivity index (χ3v) is 7.66. The molecule has 3 atom stereocenters. The average molecular weight is 468 g/mol. The summed E-state index contributed by atoms with van der Waals surface area (Å²) in [5.41, 5.74) is 2.30. The molecule has 0 radical (unpaired) electrons. The van der Waals surface area contributed by atoms with Gasteiger partial charge in [-0.05, 0) is 54.8 Å². The quantitative estimate of drug-likeness (QED) is 0.416. The summed E-state index contributed by atoms with van der Waals surface area (Å²) in [6.45, 7) is 4.33. The van der Waals surface area contributed by atoms with Crippen LogP contribution in [0.3, 0.4) is 0 Å². The van der Waals surface area contributed by atoms with Gasteiger partial charge in [0.2, 0.25) is 0 Å². The number of nitrogens with one attached hydrogen (secondary N) is 1. The first-order valence-electron chi connectivity index (χ1n) is 12.0. The second-order valence-electron chi connectivity index (χ2n) is 9.19. The summed E-state index contributed by atoms with van der Waals surface area (Å²) in [5.74, 6) is 0.263. The molecule has 0 saturated heterocycles. The van der Waals surface area contributed by atoms with Crippen LogP contribution in [0.4, 0.5) is 0 Å². The Hall–Kier alpha value is -2.67. The van der Waals surface area contributed by atoms with E-state index >= 15 is 0 Å². The summed E-state index contributed by atoms with van der Waals surface area (Å²) >= 11 is 1.73. The average Bonchev–Trinajstić information content (AvgIpc) is 3.44. The fourth-order valence-electron chi connectivity index (χ4n) is 4.94. The number of aliphatic carboxylic acids is 1. The Kier molecular flexibility index (Phi) is 7.48. The number of thiophene rings is 1. The molecule has 0 spiro atoms. The lowest BCUT2D eigenvalue weighted by molar-refractivity contribution is -0.139. The van der Waals surface area contributed by atoms with Crippen molar-refractivity contribution in [2.45, 2.75) is 77.3 Å². The molecule has 0 aliphatic heterocycles. The molecule has 1 aliphatic carbocycles. The largest absolute Gasteiger partial charge is 0.480 e. The molecule has 1 aliphatic rings. The molecule has 6 nitrogen and oxygen atoms in total. The molecule has 1 fully saturated rings. The second-order valence-corrected chi connectivity index (χ2v) is 10.2. The van der Waals surface area contributed by atoms with Crippen molar-refractivity contribution in [1.82, 2.24) is 14.9 Å². The number of amides is 1. The molecule has 1 aromatic carbocycles. The number of carboxylic acids is 1. The van der Waals surface area contributed by atoms with Crippen LogP contribution in [0.5, 0.6) is 0 Å². The van der Waals surface area contributed by atoms with Crippen LogP contribution in [0, 0.1) is 5.92 Å². The first kappa shape index (κ1) is 23.5. The number of imidazole rings is 1. The number of unbranched alkanes of at least 4 members (excludes halogenated alkanes) is 1. The Bertz CT molecular complexity index is 1110. The number of aromatic nitrogens is 2. The number of nitrogens with zero attached hydrogens (tertiary/aromatic N) is 2. The summed E-state index contributed by atoms with van der Waals surface area (Å²) in [7, 11) is 0. The summed E-state index contributed by atoms with van der Waals surface area (Å²) in [6.07, 6.45) is 7.71. The van der Waals surface area contributed by atoms with Gasteiger partial charge in [0.05, 0.1) is 11.0 Å². The maximum atomic E-state index is 12.9. The fourth-order valence-corrected chi connectivity index (χ4v) is 5.64. The maximum Gasteiger partial charge on any atom is 0.326 e. The molecule has 7 heteroatoms. The molecule has 2 N–H and O–H groups in total. The van der Waals surface area contributed by atoms with Crippen LogP contribution in [0.1, 0.15) is 85.9 Å². The van der Waals surface area contributed by atoms with Gasteiger partial charge in [-0.2, -0.15) is 0 Å². The number of hydrogen-bond donors (Lipinski definition) is 2. The first-order chi connectivity index (χ1) is 16.0. The van der Waals surface area contributed by atoms with Gasteiger partial charge in [-0.15, -0.1) is 11.3 Å². The van der Waals surface area contributed by atoms with E-state index in [0.29, 0.717) is 23.9 Å². The van der Waals surface area contributed by atoms with E-state index in [0.717, 1.165) is 42.5 Å². The zero-order valence-electron chi connectivity index (χ0n) is 19.4. The highest BCUT2D eigenvalue weighted by molar-refractivity contribution is 7.09. The Morgan fingerprint density at radius 2 is 2.09 bits per heavy atom. The van der Waals surface area contributed by atoms with Crippen LogP contribution in [0.2, 0.25) is 0 Å². The van der Waals surface area contributed by atoms with Crippen molar-refractivity contribution in [3.05, 3.63) is 52.0 Å². The summed E-state index contributed by atoms with van der Waals surface area (Å²) in [4.78, 5) is 30.7. The highest BCUT2D eigenvalue weighted by atomic mass is 32.1. The predicted molar refractivity (Wildman–Crippen MR) is 132 cm³/mol. The maximum absolute atomic E-state index is 12.9. The number of rotatable bonds is 9. The molecule has 2 heterocycles. The van der Waals surface area contributed by atoms with E-state index in [1.54, 1.807) is 17.4 Å². The Labute approximate surface area is 199 Å². The number of carboxylic acid groups (broad SMARTS) is 1. The van der Waals surface area contributed by atoms with Gasteiger partial charge in [-0.3, -0.25) is 4.79 Å². The van der Waals surface area contributed by atoms with E-state index in [1.807, 2.05) is 19.1 Å². The molecule has 2 aromatic heterocycles. The topological polar surface area (TPSA) is 84.2 Å². The van der Waals surface area contributed by atoms with E-state index in [1.165, 1.54) is 24.1 Å². The van der Waals surface area contributed by atoms with Gasteiger partial charge >= 0.3 is 5.97 Å². The van der Waals surface area contributed by atoms with Crippen LogP contribution in [-0.2, 0) is 11.2 Å². The highest BCUT2D eigenvalue weighted by Gasteiger charge is 2.27. The first-order valence-corrected chi connectivity index (χ1v) is 12.9. The zero-order chi connectivity index (χ0) is 23.4. The van der Waals surface area contributed by atoms with E-state index in [2.05, 4.69) is 34.3 Å². The van der Waals surface area contributed by atoms with E-state index in [9.17, 15) is 14.7 Å². The predicted octanol–water partition coefficient (Wildman–Crippen LogP) is 5.81. The number of fused-ring (bicyclic) bond motifs is 1. The fraction of sp³-hybridized carbons (Fsp3) is 0.500. The lowest BCUT2D eigenvalue weighted by atomic mass is 9.85. The van der Waals surface area contributed by atoms with Crippen LogP contribution in [0.15, 0.2) is 35.7 Å². The van der Waals surface area contributed by atoms with Crippen molar-refractivity contribution in [2.24, 2.45) is 5.92 Å². The minimum Gasteiger partial charge on any atom is -0.480 e. The van der Waals surface area contributed by atoms with Gasteiger partial charge in [-0.25, -0.2) is 9.78 Å². The van der Waals surface area contributed by atoms with Crippen molar-refractivity contribution in [1.29, 1.82) is 0 Å². The SMILES string of the molecule is CCCCC(NC(=O)c1ccc2c(c1)nc(Cc1cccs1)n2C1CCCCC1C)C(=O)O. The molecule has 4 rings (SSSR count). The number of hydrogen-bond acceptors (Lipinski definition) is 4. The molecular weight excluding hydrogens is 434 g/mol.